The average molecular weight is 597 g/mol. The maximum atomic E-state index is 13.9. The van der Waals surface area contributed by atoms with E-state index in [9.17, 15) is 18.0 Å². The van der Waals surface area contributed by atoms with E-state index >= 15 is 0 Å². The fourth-order valence-corrected chi connectivity index (χ4v) is 6.00. The molecule has 7 nitrogen and oxygen atoms in total. The van der Waals surface area contributed by atoms with E-state index in [1.54, 1.807) is 68.4 Å². The van der Waals surface area contributed by atoms with Gasteiger partial charge in [-0.3, -0.25) is 13.9 Å². The van der Waals surface area contributed by atoms with Crippen molar-refractivity contribution in [1.82, 2.24) is 10.2 Å². The van der Waals surface area contributed by atoms with Crippen molar-refractivity contribution in [3.63, 3.8) is 0 Å². The van der Waals surface area contributed by atoms with Gasteiger partial charge in [-0.05, 0) is 55.3 Å². The zero-order chi connectivity index (χ0) is 27.9. The third-order valence-corrected chi connectivity index (χ3v) is 8.64. The van der Waals surface area contributed by atoms with E-state index in [0.29, 0.717) is 28.6 Å². The number of sulfonamides is 1. The largest absolute Gasteiger partial charge is 0.355 e. The number of amides is 2. The lowest BCUT2D eigenvalue weighted by Gasteiger charge is -2.33. The Morgan fingerprint density at radius 3 is 2.13 bits per heavy atom. The number of hydrogen-bond acceptors (Lipinski definition) is 4. The molecule has 3 aromatic carbocycles. The Morgan fingerprint density at radius 2 is 1.53 bits per heavy atom. The summed E-state index contributed by atoms with van der Waals surface area (Å²) in [5.74, 6) is -0.938. The van der Waals surface area contributed by atoms with E-state index in [4.69, 9.17) is 34.8 Å². The van der Waals surface area contributed by atoms with Gasteiger partial charge in [0, 0.05) is 13.1 Å². The fraction of sp³-hybridized carbons (Fsp3) is 0.259. The molecule has 0 aliphatic heterocycles. The van der Waals surface area contributed by atoms with Crippen molar-refractivity contribution in [2.45, 2.75) is 37.8 Å². The predicted molar refractivity (Wildman–Crippen MR) is 152 cm³/mol. The van der Waals surface area contributed by atoms with Crippen LogP contribution in [-0.4, -0.2) is 44.3 Å². The minimum Gasteiger partial charge on any atom is -0.355 e. The molecule has 0 spiro atoms. The molecule has 0 aliphatic carbocycles. The van der Waals surface area contributed by atoms with Gasteiger partial charge in [-0.1, -0.05) is 78.1 Å². The molecule has 38 heavy (non-hydrogen) atoms. The predicted octanol–water partition coefficient (Wildman–Crippen LogP) is 5.79. The second kappa shape index (κ2) is 13.3. The lowest BCUT2D eigenvalue weighted by atomic mass is 10.1. The number of rotatable bonds is 11. The maximum Gasteiger partial charge on any atom is 0.264 e. The van der Waals surface area contributed by atoms with Crippen molar-refractivity contribution in [3.05, 3.63) is 93.4 Å². The van der Waals surface area contributed by atoms with Gasteiger partial charge in [0.2, 0.25) is 11.8 Å². The summed E-state index contributed by atoms with van der Waals surface area (Å²) in [6, 6.07) is 18.2. The molecule has 0 radical (unpaired) electrons. The van der Waals surface area contributed by atoms with Crippen molar-refractivity contribution < 1.29 is 18.0 Å². The minimum absolute atomic E-state index is 0.000444. The zero-order valence-electron chi connectivity index (χ0n) is 20.9. The first-order valence-corrected chi connectivity index (χ1v) is 14.5. The zero-order valence-corrected chi connectivity index (χ0v) is 24.0. The molecule has 0 saturated heterocycles. The minimum atomic E-state index is -4.19. The van der Waals surface area contributed by atoms with Crippen LogP contribution >= 0.6 is 34.8 Å². The van der Waals surface area contributed by atoms with Crippen LogP contribution in [-0.2, 0) is 26.2 Å². The summed E-state index contributed by atoms with van der Waals surface area (Å²) >= 11 is 18.7. The van der Waals surface area contributed by atoms with Gasteiger partial charge in [-0.15, -0.1) is 0 Å². The van der Waals surface area contributed by atoms with E-state index in [1.807, 2.05) is 0 Å². The SMILES string of the molecule is CCNC(=O)C(CC)N(Cc1ccc(Cl)c(Cl)c1)C(=O)CN(c1ccccc1Cl)S(=O)(=O)c1ccccc1. The van der Waals surface area contributed by atoms with Crippen molar-refractivity contribution in [1.29, 1.82) is 0 Å². The second-order valence-electron chi connectivity index (χ2n) is 8.36. The number of likely N-dealkylation sites (N-methyl/N-ethyl adjacent to an activating group) is 1. The Labute approximate surface area is 238 Å². The molecular formula is C27H28Cl3N3O4S. The number of benzene rings is 3. The average Bonchev–Trinajstić information content (AvgIpc) is 2.90. The van der Waals surface area contributed by atoms with Gasteiger partial charge in [-0.2, -0.15) is 0 Å². The molecule has 1 unspecified atom stereocenters. The number of anilines is 1. The van der Waals surface area contributed by atoms with Crippen LogP contribution < -0.4 is 9.62 Å². The van der Waals surface area contributed by atoms with Crippen molar-refractivity contribution >= 4 is 62.3 Å². The number of hydrogen-bond donors (Lipinski definition) is 1. The second-order valence-corrected chi connectivity index (χ2v) is 11.4. The summed E-state index contributed by atoms with van der Waals surface area (Å²) in [6.45, 7) is 3.35. The molecule has 0 saturated carbocycles. The quantitative estimate of drug-likeness (QED) is 0.304. The molecular weight excluding hydrogens is 569 g/mol. The van der Waals surface area contributed by atoms with E-state index in [1.165, 1.54) is 23.1 Å². The summed E-state index contributed by atoms with van der Waals surface area (Å²) in [5.41, 5.74) is 0.776. The Morgan fingerprint density at radius 1 is 0.868 bits per heavy atom. The third-order valence-electron chi connectivity index (χ3n) is 5.81. The number of halogens is 3. The molecule has 0 bridgehead atoms. The van der Waals surface area contributed by atoms with Gasteiger partial charge in [0.05, 0.1) is 25.7 Å². The summed E-state index contributed by atoms with van der Waals surface area (Å²) < 4.78 is 28.5. The Bertz CT molecular complexity index is 1390. The molecule has 0 fully saturated rings. The first-order chi connectivity index (χ1) is 18.1. The highest BCUT2D eigenvalue weighted by molar-refractivity contribution is 7.92. The molecule has 1 atom stereocenters. The summed E-state index contributed by atoms with van der Waals surface area (Å²) in [4.78, 5) is 28.2. The van der Waals surface area contributed by atoms with Gasteiger partial charge in [0.1, 0.15) is 12.6 Å². The Hall–Kier alpha value is -2.78. The topological polar surface area (TPSA) is 86.8 Å². The molecule has 11 heteroatoms. The fourth-order valence-electron chi connectivity index (χ4n) is 3.93. The molecule has 1 N–H and O–H groups in total. The van der Waals surface area contributed by atoms with E-state index in [2.05, 4.69) is 5.32 Å². The van der Waals surface area contributed by atoms with Crippen LogP contribution in [0.2, 0.25) is 15.1 Å². The van der Waals surface area contributed by atoms with Gasteiger partial charge < -0.3 is 10.2 Å². The maximum absolute atomic E-state index is 13.9. The lowest BCUT2D eigenvalue weighted by molar-refractivity contribution is -0.140. The summed E-state index contributed by atoms with van der Waals surface area (Å²) in [5, 5.41) is 3.56. The van der Waals surface area contributed by atoms with Crippen molar-refractivity contribution in [2.24, 2.45) is 0 Å². The highest BCUT2D eigenvalue weighted by atomic mass is 35.5. The molecule has 3 aromatic rings. The van der Waals surface area contributed by atoms with Gasteiger partial charge in [0.25, 0.3) is 10.0 Å². The number of para-hydroxylation sites is 1. The van der Waals surface area contributed by atoms with Gasteiger partial charge in [0.15, 0.2) is 0 Å². The van der Waals surface area contributed by atoms with Gasteiger partial charge in [-0.25, -0.2) is 8.42 Å². The van der Waals surface area contributed by atoms with Crippen LogP contribution in [0.3, 0.4) is 0 Å². The first kappa shape index (κ1) is 29.8. The van der Waals surface area contributed by atoms with E-state index in [-0.39, 0.29) is 28.1 Å². The summed E-state index contributed by atoms with van der Waals surface area (Å²) in [7, 11) is -4.19. The molecule has 0 heterocycles. The highest BCUT2D eigenvalue weighted by Crippen LogP contribution is 2.31. The smallest absolute Gasteiger partial charge is 0.264 e. The molecule has 202 valence electrons. The first-order valence-electron chi connectivity index (χ1n) is 11.9. The Balaban J connectivity index is 2.07. The highest BCUT2D eigenvalue weighted by Gasteiger charge is 2.34. The van der Waals surface area contributed by atoms with Crippen molar-refractivity contribution in [3.8, 4) is 0 Å². The van der Waals surface area contributed by atoms with Crippen molar-refractivity contribution in [2.75, 3.05) is 17.4 Å². The summed E-state index contributed by atoms with van der Waals surface area (Å²) in [6.07, 6.45) is 0.302. The van der Waals surface area contributed by atoms with Gasteiger partial charge >= 0.3 is 0 Å². The molecule has 3 rings (SSSR count). The van der Waals surface area contributed by atoms with Crippen LogP contribution in [0.5, 0.6) is 0 Å². The van der Waals surface area contributed by atoms with E-state index in [0.717, 1.165) is 4.31 Å². The number of nitrogens with one attached hydrogen (secondary N) is 1. The molecule has 2 amide bonds. The van der Waals surface area contributed by atoms with E-state index < -0.39 is 28.5 Å². The number of carbonyl (C=O) groups excluding carboxylic acids is 2. The van der Waals surface area contributed by atoms with Crippen LogP contribution in [0, 0.1) is 0 Å². The molecule has 0 aromatic heterocycles. The third kappa shape index (κ3) is 6.99. The van der Waals surface area contributed by atoms with Crippen LogP contribution in [0.1, 0.15) is 25.8 Å². The Kier molecular flexibility index (Phi) is 10.4. The standard InChI is InChI=1S/C27H28Cl3N3O4S/c1-3-24(27(35)31-4-2)32(17-19-14-15-21(28)23(30)16-19)26(34)18-33(25-13-9-8-12-22(25)29)38(36,37)20-10-6-5-7-11-20/h5-16,24H,3-4,17-18H2,1-2H3,(H,31,35). The number of nitrogens with zero attached hydrogens (tertiary/aromatic N) is 2. The monoisotopic (exact) mass is 595 g/mol. The molecule has 0 aliphatic rings. The lowest BCUT2D eigenvalue weighted by Crippen LogP contribution is -2.52. The van der Waals surface area contributed by atoms with Crippen LogP contribution in [0.15, 0.2) is 77.7 Å². The van der Waals surface area contributed by atoms with Crippen LogP contribution in [0.4, 0.5) is 5.69 Å². The number of carbonyl (C=O) groups is 2. The normalized spacial score (nSPS) is 12.0. The van der Waals surface area contributed by atoms with Crippen LogP contribution in [0.25, 0.3) is 0 Å².